The van der Waals surface area contributed by atoms with Crippen LogP contribution in [0.2, 0.25) is 0 Å². The van der Waals surface area contributed by atoms with E-state index in [1.165, 1.54) is 12.5 Å². The third kappa shape index (κ3) is 5.01. The van der Waals surface area contributed by atoms with E-state index in [1.54, 1.807) is 24.5 Å². The molecule has 5 aromatic rings. The molecule has 5 rings (SSSR count). The molecule has 0 spiro atoms. The van der Waals surface area contributed by atoms with Gasteiger partial charge in [-0.05, 0) is 47.5 Å². The van der Waals surface area contributed by atoms with Crippen molar-refractivity contribution in [3.8, 4) is 5.75 Å². The number of pyridine rings is 1. The van der Waals surface area contributed by atoms with E-state index in [0.717, 1.165) is 39.0 Å². The van der Waals surface area contributed by atoms with Crippen molar-refractivity contribution in [2.45, 2.75) is 0 Å². The second kappa shape index (κ2) is 10.1. The molecule has 0 aliphatic carbocycles. The van der Waals surface area contributed by atoms with Crippen LogP contribution in [0.25, 0.3) is 27.9 Å². The second-order valence-electron chi connectivity index (χ2n) is 8.15. The van der Waals surface area contributed by atoms with E-state index < -0.39 is 0 Å². The van der Waals surface area contributed by atoms with E-state index in [2.05, 4.69) is 39.6 Å². The number of fused-ring (bicyclic) bond motifs is 3. The summed E-state index contributed by atoms with van der Waals surface area (Å²) in [6.45, 7) is 0.966. The largest absolute Gasteiger partial charge is 0.487 e. The standard InChI is InChI=1S/C29H25N3O3/c1-34-29(33)22-13-11-20(12-14-22)16-21(17-31-23-6-5-15-30-18-23)19-35-27-10-4-8-25-24-7-2-3-9-26(24)32-28(25)27/h2-16,18,31-32H,17,19H2,1H3. The number of esters is 1. The number of carbonyl (C=O) groups excluding carboxylic acids is 1. The van der Waals surface area contributed by atoms with Crippen molar-refractivity contribution in [2.75, 3.05) is 25.6 Å². The van der Waals surface area contributed by atoms with Crippen LogP contribution in [0.15, 0.2) is 96.8 Å². The molecule has 0 radical (unpaired) electrons. The third-order valence-corrected chi connectivity index (χ3v) is 5.80. The molecule has 0 bridgehead atoms. The number of methoxy groups -OCH3 is 1. The minimum Gasteiger partial charge on any atom is -0.487 e. The van der Waals surface area contributed by atoms with E-state index in [0.29, 0.717) is 18.7 Å². The molecule has 0 atom stereocenters. The van der Waals surface area contributed by atoms with Crippen molar-refractivity contribution >= 4 is 39.5 Å². The van der Waals surface area contributed by atoms with Gasteiger partial charge in [-0.1, -0.05) is 48.5 Å². The van der Waals surface area contributed by atoms with Crippen LogP contribution < -0.4 is 10.1 Å². The fourth-order valence-corrected chi connectivity index (χ4v) is 4.03. The molecular formula is C29H25N3O3. The van der Waals surface area contributed by atoms with Crippen molar-refractivity contribution in [3.05, 3.63) is 108 Å². The van der Waals surface area contributed by atoms with Crippen LogP contribution in [0.1, 0.15) is 15.9 Å². The van der Waals surface area contributed by atoms with Crippen molar-refractivity contribution < 1.29 is 14.3 Å². The molecule has 0 fully saturated rings. The second-order valence-corrected chi connectivity index (χ2v) is 8.15. The van der Waals surface area contributed by atoms with Crippen molar-refractivity contribution in [1.29, 1.82) is 0 Å². The lowest BCUT2D eigenvalue weighted by atomic mass is 10.1. The van der Waals surface area contributed by atoms with Crippen LogP contribution in [-0.2, 0) is 4.74 Å². The van der Waals surface area contributed by atoms with Gasteiger partial charge in [0.2, 0.25) is 0 Å². The number of anilines is 1. The monoisotopic (exact) mass is 463 g/mol. The SMILES string of the molecule is COC(=O)c1ccc(C=C(CNc2cccnc2)COc2cccc3c2[nH]c2ccccc23)cc1. The average Bonchev–Trinajstić information content (AvgIpc) is 3.30. The topological polar surface area (TPSA) is 76.2 Å². The smallest absolute Gasteiger partial charge is 0.337 e. The predicted molar refractivity (Wildman–Crippen MR) is 140 cm³/mol. The maximum absolute atomic E-state index is 11.8. The van der Waals surface area contributed by atoms with Gasteiger partial charge in [0, 0.05) is 35.2 Å². The molecule has 0 saturated carbocycles. The zero-order valence-electron chi connectivity index (χ0n) is 19.3. The molecule has 2 aromatic heterocycles. The summed E-state index contributed by atoms with van der Waals surface area (Å²) in [5.41, 5.74) is 5.51. The van der Waals surface area contributed by atoms with Gasteiger partial charge in [-0.15, -0.1) is 0 Å². The molecule has 0 aliphatic heterocycles. The molecule has 0 saturated heterocycles. The van der Waals surface area contributed by atoms with Gasteiger partial charge in [-0.3, -0.25) is 4.98 Å². The summed E-state index contributed by atoms with van der Waals surface area (Å²) in [7, 11) is 1.38. The van der Waals surface area contributed by atoms with Crippen molar-refractivity contribution in [2.24, 2.45) is 0 Å². The molecule has 6 heteroatoms. The van der Waals surface area contributed by atoms with Crippen LogP contribution >= 0.6 is 0 Å². The van der Waals surface area contributed by atoms with Crippen LogP contribution in [0, 0.1) is 0 Å². The Bertz CT molecular complexity index is 1490. The molecule has 0 amide bonds. The number of hydrogen-bond acceptors (Lipinski definition) is 5. The van der Waals surface area contributed by atoms with Gasteiger partial charge in [-0.25, -0.2) is 4.79 Å². The number of ether oxygens (including phenoxy) is 2. The average molecular weight is 464 g/mol. The van der Waals surface area contributed by atoms with E-state index in [4.69, 9.17) is 9.47 Å². The lowest BCUT2D eigenvalue weighted by Gasteiger charge is -2.13. The van der Waals surface area contributed by atoms with E-state index >= 15 is 0 Å². The Hall–Kier alpha value is -4.58. The first kappa shape index (κ1) is 22.2. The number of hydrogen-bond donors (Lipinski definition) is 2. The van der Waals surface area contributed by atoms with Gasteiger partial charge in [0.1, 0.15) is 12.4 Å². The Labute approximate surface area is 203 Å². The fraction of sp³-hybridized carbons (Fsp3) is 0.103. The van der Waals surface area contributed by atoms with Gasteiger partial charge < -0.3 is 19.8 Å². The lowest BCUT2D eigenvalue weighted by Crippen LogP contribution is -2.12. The molecule has 2 heterocycles. The summed E-state index contributed by atoms with van der Waals surface area (Å²) in [4.78, 5) is 19.4. The summed E-state index contributed by atoms with van der Waals surface area (Å²) in [5.74, 6) is 0.445. The maximum Gasteiger partial charge on any atom is 0.337 e. The van der Waals surface area contributed by atoms with E-state index in [-0.39, 0.29) is 5.97 Å². The molecule has 174 valence electrons. The number of carbonyl (C=O) groups is 1. The number of aromatic amines is 1. The minimum atomic E-state index is -0.353. The number of nitrogens with one attached hydrogen (secondary N) is 2. The zero-order chi connectivity index (χ0) is 24.0. The van der Waals surface area contributed by atoms with Gasteiger partial charge in [0.25, 0.3) is 0 Å². The lowest BCUT2D eigenvalue weighted by molar-refractivity contribution is 0.0600. The van der Waals surface area contributed by atoms with Crippen LogP contribution in [0.4, 0.5) is 5.69 Å². The highest BCUT2D eigenvalue weighted by Crippen LogP contribution is 2.31. The first-order chi connectivity index (χ1) is 17.2. The molecule has 2 N–H and O–H groups in total. The number of nitrogens with zero attached hydrogens (tertiary/aromatic N) is 1. The Balaban J connectivity index is 1.40. The zero-order valence-corrected chi connectivity index (χ0v) is 19.3. The maximum atomic E-state index is 11.8. The Morgan fingerprint density at radius 1 is 0.971 bits per heavy atom. The highest BCUT2D eigenvalue weighted by atomic mass is 16.5. The highest BCUT2D eigenvalue weighted by molar-refractivity contribution is 6.09. The molecular weight excluding hydrogens is 438 g/mol. The molecule has 3 aromatic carbocycles. The van der Waals surface area contributed by atoms with E-state index in [9.17, 15) is 4.79 Å². The minimum absolute atomic E-state index is 0.353. The number of benzene rings is 3. The number of para-hydroxylation sites is 2. The molecule has 35 heavy (non-hydrogen) atoms. The summed E-state index contributed by atoms with van der Waals surface area (Å²) in [6, 6.07) is 25.5. The number of H-pyrrole nitrogens is 1. The molecule has 0 unspecified atom stereocenters. The van der Waals surface area contributed by atoms with E-state index in [1.807, 2.05) is 48.5 Å². The summed E-state index contributed by atoms with van der Waals surface area (Å²) in [5, 5.41) is 5.71. The van der Waals surface area contributed by atoms with Gasteiger partial charge in [0.05, 0.1) is 23.9 Å². The number of aromatic nitrogens is 2. The van der Waals surface area contributed by atoms with Gasteiger partial charge in [-0.2, -0.15) is 0 Å². The predicted octanol–water partition coefficient (Wildman–Crippen LogP) is 6.08. The summed E-state index contributed by atoms with van der Waals surface area (Å²) >= 11 is 0. The number of rotatable bonds is 8. The quantitative estimate of drug-likeness (QED) is 0.273. The van der Waals surface area contributed by atoms with Crippen molar-refractivity contribution in [3.63, 3.8) is 0 Å². The van der Waals surface area contributed by atoms with Gasteiger partial charge >= 0.3 is 5.97 Å². The highest BCUT2D eigenvalue weighted by Gasteiger charge is 2.10. The Morgan fingerprint density at radius 3 is 2.60 bits per heavy atom. The van der Waals surface area contributed by atoms with Crippen LogP contribution in [0.3, 0.4) is 0 Å². The molecule has 0 aliphatic rings. The Morgan fingerprint density at radius 2 is 1.80 bits per heavy atom. The van der Waals surface area contributed by atoms with Gasteiger partial charge in [0.15, 0.2) is 0 Å². The van der Waals surface area contributed by atoms with Crippen LogP contribution in [-0.4, -0.2) is 36.2 Å². The first-order valence-corrected chi connectivity index (χ1v) is 11.4. The summed E-state index contributed by atoms with van der Waals surface area (Å²) in [6.07, 6.45) is 5.60. The Kier molecular flexibility index (Phi) is 6.44. The molecule has 6 nitrogen and oxygen atoms in total. The normalized spacial score (nSPS) is 11.5. The first-order valence-electron chi connectivity index (χ1n) is 11.4. The third-order valence-electron chi connectivity index (χ3n) is 5.80. The van der Waals surface area contributed by atoms with Crippen molar-refractivity contribution in [1.82, 2.24) is 9.97 Å². The van der Waals surface area contributed by atoms with Crippen LogP contribution in [0.5, 0.6) is 5.75 Å². The fourth-order valence-electron chi connectivity index (χ4n) is 4.03. The summed E-state index contributed by atoms with van der Waals surface area (Å²) < 4.78 is 11.1.